The summed E-state index contributed by atoms with van der Waals surface area (Å²) in [5.41, 5.74) is 1.16. The van der Waals surface area contributed by atoms with Crippen LogP contribution in [0.2, 0.25) is 5.02 Å². The topological polar surface area (TPSA) is 60.3 Å². The van der Waals surface area contributed by atoms with Crippen LogP contribution in [-0.4, -0.2) is 23.9 Å². The van der Waals surface area contributed by atoms with Crippen molar-refractivity contribution in [3.63, 3.8) is 0 Å². The third-order valence-corrected chi connectivity index (χ3v) is 3.30. The molecule has 0 spiro atoms. The van der Waals surface area contributed by atoms with Gasteiger partial charge in [-0.15, -0.1) is 0 Å². The minimum absolute atomic E-state index is 0.151. The number of anilines is 1. The average Bonchev–Trinajstić information content (AvgIpc) is 2.93. The zero-order chi connectivity index (χ0) is 15.2. The molecule has 0 aliphatic heterocycles. The van der Waals surface area contributed by atoms with Crippen LogP contribution in [0.1, 0.15) is 16.9 Å². The second-order valence-corrected chi connectivity index (χ2v) is 4.80. The maximum atomic E-state index is 11.9. The summed E-state index contributed by atoms with van der Waals surface area (Å²) in [5.74, 6) is 0.402. The molecule has 5 nitrogen and oxygen atoms in total. The molecule has 1 aromatic carbocycles. The SMILES string of the molecule is COc1ccc(NC(=O)CCn2cccc2C=O)cc1Cl. The number of ether oxygens (including phenoxy) is 1. The first-order valence-corrected chi connectivity index (χ1v) is 6.75. The monoisotopic (exact) mass is 306 g/mol. The van der Waals surface area contributed by atoms with E-state index in [1.165, 1.54) is 7.11 Å². The molecule has 1 N–H and O–H groups in total. The molecular formula is C15H15ClN2O3. The quantitative estimate of drug-likeness (QED) is 0.835. The van der Waals surface area contributed by atoms with Crippen LogP contribution in [0, 0.1) is 0 Å². The Labute approximate surface area is 127 Å². The van der Waals surface area contributed by atoms with E-state index in [-0.39, 0.29) is 12.3 Å². The molecule has 0 unspecified atom stereocenters. The van der Waals surface area contributed by atoms with Gasteiger partial charge in [0, 0.05) is 24.8 Å². The number of benzene rings is 1. The summed E-state index contributed by atoms with van der Waals surface area (Å²) >= 11 is 5.99. The Morgan fingerprint density at radius 2 is 2.24 bits per heavy atom. The molecule has 0 aliphatic carbocycles. The predicted octanol–water partition coefficient (Wildman–Crippen LogP) is 2.99. The van der Waals surface area contributed by atoms with Gasteiger partial charge in [-0.1, -0.05) is 11.6 Å². The highest BCUT2D eigenvalue weighted by atomic mass is 35.5. The zero-order valence-electron chi connectivity index (χ0n) is 11.5. The molecule has 21 heavy (non-hydrogen) atoms. The van der Waals surface area contributed by atoms with Gasteiger partial charge in [0.15, 0.2) is 6.29 Å². The van der Waals surface area contributed by atoms with Gasteiger partial charge in [-0.3, -0.25) is 9.59 Å². The normalized spacial score (nSPS) is 10.2. The number of nitrogens with one attached hydrogen (secondary N) is 1. The molecule has 0 saturated carbocycles. The number of halogens is 1. The number of carbonyl (C=O) groups excluding carboxylic acids is 2. The third-order valence-electron chi connectivity index (χ3n) is 3.00. The summed E-state index contributed by atoms with van der Waals surface area (Å²) in [6, 6.07) is 8.51. The van der Waals surface area contributed by atoms with Crippen LogP contribution < -0.4 is 10.1 Å². The van der Waals surface area contributed by atoms with Gasteiger partial charge in [0.05, 0.1) is 17.8 Å². The standard InChI is InChI=1S/C15H15ClN2O3/c1-21-14-5-4-11(9-13(14)16)17-15(20)6-8-18-7-2-3-12(18)10-19/h2-5,7,9-10H,6,8H2,1H3,(H,17,20). The van der Waals surface area contributed by atoms with Crippen LogP contribution in [0.4, 0.5) is 5.69 Å². The largest absolute Gasteiger partial charge is 0.495 e. The lowest BCUT2D eigenvalue weighted by molar-refractivity contribution is -0.116. The van der Waals surface area contributed by atoms with E-state index in [1.807, 2.05) is 0 Å². The number of amides is 1. The van der Waals surface area contributed by atoms with Crippen molar-refractivity contribution in [2.75, 3.05) is 12.4 Å². The summed E-state index contributed by atoms with van der Waals surface area (Å²) in [4.78, 5) is 22.7. The number of carbonyl (C=O) groups is 2. The molecule has 0 bridgehead atoms. The lowest BCUT2D eigenvalue weighted by Crippen LogP contribution is -2.15. The third kappa shape index (κ3) is 3.86. The number of nitrogens with zero attached hydrogens (tertiary/aromatic N) is 1. The molecule has 1 amide bonds. The molecule has 0 fully saturated rings. The van der Waals surface area contributed by atoms with Gasteiger partial charge < -0.3 is 14.6 Å². The summed E-state index contributed by atoms with van der Waals surface area (Å²) in [6.07, 6.45) is 2.79. The first-order valence-electron chi connectivity index (χ1n) is 6.37. The smallest absolute Gasteiger partial charge is 0.226 e. The summed E-state index contributed by atoms with van der Waals surface area (Å²) in [6.45, 7) is 0.441. The molecule has 0 saturated heterocycles. The number of aromatic nitrogens is 1. The van der Waals surface area contributed by atoms with Gasteiger partial charge in [-0.05, 0) is 30.3 Å². The Kier molecular flexibility index (Phi) is 5.00. The molecule has 1 aromatic heterocycles. The van der Waals surface area contributed by atoms with Crippen molar-refractivity contribution in [2.24, 2.45) is 0 Å². The number of aryl methyl sites for hydroxylation is 1. The maximum Gasteiger partial charge on any atom is 0.226 e. The van der Waals surface area contributed by atoms with Gasteiger partial charge in [-0.25, -0.2) is 0 Å². The number of hydrogen-bond donors (Lipinski definition) is 1. The number of aldehydes is 1. The number of hydrogen-bond acceptors (Lipinski definition) is 3. The van der Waals surface area contributed by atoms with E-state index < -0.39 is 0 Å². The van der Waals surface area contributed by atoms with Crippen LogP contribution in [0.15, 0.2) is 36.5 Å². The fourth-order valence-corrected chi connectivity index (χ4v) is 2.19. The van der Waals surface area contributed by atoms with E-state index in [4.69, 9.17) is 16.3 Å². The fraction of sp³-hybridized carbons (Fsp3) is 0.200. The molecule has 110 valence electrons. The van der Waals surface area contributed by atoms with E-state index in [1.54, 1.807) is 41.1 Å². The van der Waals surface area contributed by atoms with Gasteiger partial charge in [0.2, 0.25) is 5.91 Å². The molecule has 1 heterocycles. The van der Waals surface area contributed by atoms with E-state index in [2.05, 4.69) is 5.32 Å². The Balaban J connectivity index is 1.93. The molecule has 0 radical (unpaired) electrons. The van der Waals surface area contributed by atoms with E-state index in [9.17, 15) is 9.59 Å². The first kappa shape index (κ1) is 15.1. The highest BCUT2D eigenvalue weighted by Crippen LogP contribution is 2.27. The fourth-order valence-electron chi connectivity index (χ4n) is 1.93. The Hall–Kier alpha value is -2.27. The average molecular weight is 307 g/mol. The van der Waals surface area contributed by atoms with Crippen molar-refractivity contribution in [2.45, 2.75) is 13.0 Å². The molecule has 0 atom stereocenters. The second-order valence-electron chi connectivity index (χ2n) is 4.39. The van der Waals surface area contributed by atoms with Gasteiger partial charge in [-0.2, -0.15) is 0 Å². The number of methoxy groups -OCH3 is 1. The summed E-state index contributed by atoms with van der Waals surface area (Å²) in [7, 11) is 1.53. The zero-order valence-corrected chi connectivity index (χ0v) is 12.3. The maximum absolute atomic E-state index is 11.9. The van der Waals surface area contributed by atoms with Gasteiger partial charge >= 0.3 is 0 Å². The Morgan fingerprint density at radius 3 is 2.90 bits per heavy atom. The van der Waals surface area contributed by atoms with Gasteiger partial charge in [0.1, 0.15) is 5.75 Å². The lowest BCUT2D eigenvalue weighted by Gasteiger charge is -2.09. The molecule has 6 heteroatoms. The highest BCUT2D eigenvalue weighted by Gasteiger charge is 2.07. The van der Waals surface area contributed by atoms with Crippen molar-refractivity contribution < 1.29 is 14.3 Å². The van der Waals surface area contributed by atoms with Crippen LogP contribution in [-0.2, 0) is 11.3 Å². The van der Waals surface area contributed by atoms with Crippen molar-refractivity contribution in [3.8, 4) is 5.75 Å². The minimum Gasteiger partial charge on any atom is -0.495 e. The van der Waals surface area contributed by atoms with Crippen LogP contribution in [0.5, 0.6) is 5.75 Å². The van der Waals surface area contributed by atoms with E-state index in [0.29, 0.717) is 28.7 Å². The van der Waals surface area contributed by atoms with Crippen LogP contribution in [0.3, 0.4) is 0 Å². The second kappa shape index (κ2) is 6.95. The summed E-state index contributed by atoms with van der Waals surface area (Å²) in [5, 5.41) is 3.19. The predicted molar refractivity (Wildman–Crippen MR) is 81.1 cm³/mol. The highest BCUT2D eigenvalue weighted by molar-refractivity contribution is 6.32. The van der Waals surface area contributed by atoms with Crippen molar-refractivity contribution in [1.82, 2.24) is 4.57 Å². The van der Waals surface area contributed by atoms with Gasteiger partial charge in [0.25, 0.3) is 0 Å². The van der Waals surface area contributed by atoms with E-state index >= 15 is 0 Å². The van der Waals surface area contributed by atoms with Crippen molar-refractivity contribution in [1.29, 1.82) is 0 Å². The van der Waals surface area contributed by atoms with Crippen molar-refractivity contribution >= 4 is 29.5 Å². The molecule has 2 aromatic rings. The number of rotatable bonds is 6. The van der Waals surface area contributed by atoms with Crippen molar-refractivity contribution in [3.05, 3.63) is 47.2 Å². The Bertz CT molecular complexity index is 652. The minimum atomic E-state index is -0.151. The van der Waals surface area contributed by atoms with E-state index in [0.717, 1.165) is 6.29 Å². The van der Waals surface area contributed by atoms with Crippen LogP contribution >= 0.6 is 11.6 Å². The molecule has 0 aliphatic rings. The summed E-state index contributed by atoms with van der Waals surface area (Å²) < 4.78 is 6.78. The van der Waals surface area contributed by atoms with Crippen LogP contribution in [0.25, 0.3) is 0 Å². The molecular weight excluding hydrogens is 292 g/mol. The first-order chi connectivity index (χ1) is 10.1. The lowest BCUT2D eigenvalue weighted by atomic mass is 10.3. The molecule has 2 rings (SSSR count). The Morgan fingerprint density at radius 1 is 1.43 bits per heavy atom.